The van der Waals surface area contributed by atoms with Gasteiger partial charge in [0.15, 0.2) is 0 Å². The van der Waals surface area contributed by atoms with Crippen LogP contribution >= 0.6 is 11.6 Å². The second-order valence-electron chi connectivity index (χ2n) is 4.06. The van der Waals surface area contributed by atoms with Crippen LogP contribution in [0.25, 0.3) is 0 Å². The standard InChI is InChI=1S/C15H14ClN3O/c1-2-9-17-15(20)14-8-7-13(10-18-14)19-12-5-3-11(16)4-6-12/h2-8,10,19H,1,9H2,(H,17,20). The van der Waals surface area contributed by atoms with Crippen molar-refractivity contribution in [3.05, 3.63) is 66.0 Å². The molecule has 0 aliphatic heterocycles. The molecule has 2 rings (SSSR count). The van der Waals surface area contributed by atoms with E-state index in [-0.39, 0.29) is 5.91 Å². The lowest BCUT2D eigenvalue weighted by atomic mass is 10.3. The van der Waals surface area contributed by atoms with Gasteiger partial charge in [0, 0.05) is 17.3 Å². The lowest BCUT2D eigenvalue weighted by Crippen LogP contribution is -2.24. The molecule has 0 saturated carbocycles. The van der Waals surface area contributed by atoms with E-state index in [1.807, 2.05) is 12.1 Å². The van der Waals surface area contributed by atoms with Crippen LogP contribution in [0.2, 0.25) is 5.02 Å². The van der Waals surface area contributed by atoms with Crippen LogP contribution in [-0.2, 0) is 0 Å². The number of nitrogens with one attached hydrogen (secondary N) is 2. The van der Waals surface area contributed by atoms with Gasteiger partial charge in [-0.25, -0.2) is 4.98 Å². The van der Waals surface area contributed by atoms with Gasteiger partial charge in [-0.1, -0.05) is 17.7 Å². The van der Waals surface area contributed by atoms with E-state index in [0.717, 1.165) is 11.4 Å². The molecule has 0 saturated heterocycles. The third-order valence-electron chi connectivity index (χ3n) is 2.54. The number of benzene rings is 1. The molecule has 1 aromatic heterocycles. The molecule has 0 radical (unpaired) electrons. The summed E-state index contributed by atoms with van der Waals surface area (Å²) in [6, 6.07) is 10.8. The third kappa shape index (κ3) is 3.83. The number of anilines is 2. The summed E-state index contributed by atoms with van der Waals surface area (Å²) in [6.45, 7) is 3.96. The quantitative estimate of drug-likeness (QED) is 0.829. The number of nitrogens with zero attached hydrogens (tertiary/aromatic N) is 1. The minimum atomic E-state index is -0.219. The van der Waals surface area contributed by atoms with Crippen LogP contribution in [0.1, 0.15) is 10.5 Å². The van der Waals surface area contributed by atoms with Crippen molar-refractivity contribution in [2.24, 2.45) is 0 Å². The SMILES string of the molecule is C=CCNC(=O)c1ccc(Nc2ccc(Cl)cc2)cn1. The van der Waals surface area contributed by atoms with Crippen molar-refractivity contribution < 1.29 is 4.79 Å². The van der Waals surface area contributed by atoms with E-state index in [9.17, 15) is 4.79 Å². The molecule has 20 heavy (non-hydrogen) atoms. The number of hydrogen-bond donors (Lipinski definition) is 2. The van der Waals surface area contributed by atoms with Crippen molar-refractivity contribution >= 4 is 28.9 Å². The predicted molar refractivity (Wildman–Crippen MR) is 81.5 cm³/mol. The predicted octanol–water partition coefficient (Wildman–Crippen LogP) is 3.39. The average molecular weight is 288 g/mol. The van der Waals surface area contributed by atoms with Crippen molar-refractivity contribution in [2.75, 3.05) is 11.9 Å². The second-order valence-corrected chi connectivity index (χ2v) is 4.50. The van der Waals surface area contributed by atoms with Gasteiger partial charge in [0.25, 0.3) is 5.91 Å². The zero-order valence-electron chi connectivity index (χ0n) is 10.8. The van der Waals surface area contributed by atoms with Crippen molar-refractivity contribution in [1.82, 2.24) is 10.3 Å². The molecule has 2 aromatic rings. The third-order valence-corrected chi connectivity index (χ3v) is 2.79. The van der Waals surface area contributed by atoms with Crippen LogP contribution in [-0.4, -0.2) is 17.4 Å². The van der Waals surface area contributed by atoms with Gasteiger partial charge in [0.2, 0.25) is 0 Å². The minimum Gasteiger partial charge on any atom is -0.354 e. The summed E-state index contributed by atoms with van der Waals surface area (Å²) in [5, 5.41) is 6.52. The molecule has 0 bridgehead atoms. The maximum Gasteiger partial charge on any atom is 0.270 e. The number of rotatable bonds is 5. The van der Waals surface area contributed by atoms with Crippen molar-refractivity contribution in [3.8, 4) is 0 Å². The molecule has 0 atom stereocenters. The number of hydrogen-bond acceptors (Lipinski definition) is 3. The molecule has 0 spiro atoms. The van der Waals surface area contributed by atoms with E-state index in [2.05, 4.69) is 22.2 Å². The fourth-order valence-electron chi connectivity index (χ4n) is 1.56. The Labute approximate surface area is 122 Å². The number of carbonyl (C=O) groups is 1. The van der Waals surface area contributed by atoms with Gasteiger partial charge in [-0.15, -0.1) is 6.58 Å². The van der Waals surface area contributed by atoms with Crippen LogP contribution in [0.15, 0.2) is 55.3 Å². The molecule has 4 nitrogen and oxygen atoms in total. The summed E-state index contributed by atoms with van der Waals surface area (Å²) in [5.41, 5.74) is 2.07. The van der Waals surface area contributed by atoms with Gasteiger partial charge < -0.3 is 10.6 Å². The maximum atomic E-state index is 11.7. The molecule has 1 aromatic carbocycles. The highest BCUT2D eigenvalue weighted by atomic mass is 35.5. The Balaban J connectivity index is 2.02. The number of aromatic nitrogens is 1. The highest BCUT2D eigenvalue weighted by Gasteiger charge is 2.05. The van der Waals surface area contributed by atoms with Gasteiger partial charge in [-0.05, 0) is 36.4 Å². The smallest absolute Gasteiger partial charge is 0.270 e. The molecule has 0 fully saturated rings. The zero-order valence-corrected chi connectivity index (χ0v) is 11.5. The lowest BCUT2D eigenvalue weighted by molar-refractivity contribution is 0.0953. The summed E-state index contributed by atoms with van der Waals surface area (Å²) in [7, 11) is 0. The van der Waals surface area contributed by atoms with Gasteiger partial charge >= 0.3 is 0 Å². The minimum absolute atomic E-state index is 0.219. The van der Waals surface area contributed by atoms with Crippen molar-refractivity contribution in [1.29, 1.82) is 0 Å². The van der Waals surface area contributed by atoms with E-state index in [1.165, 1.54) is 0 Å². The zero-order chi connectivity index (χ0) is 14.4. The van der Waals surface area contributed by atoms with Crippen LogP contribution in [0.4, 0.5) is 11.4 Å². The number of amides is 1. The first kappa shape index (κ1) is 14.1. The lowest BCUT2D eigenvalue weighted by Gasteiger charge is -2.07. The monoisotopic (exact) mass is 287 g/mol. The highest BCUT2D eigenvalue weighted by Crippen LogP contribution is 2.18. The van der Waals surface area contributed by atoms with Gasteiger partial charge in [0.05, 0.1) is 11.9 Å². The fourth-order valence-corrected chi connectivity index (χ4v) is 1.68. The molecule has 1 heterocycles. The molecule has 102 valence electrons. The summed E-state index contributed by atoms with van der Waals surface area (Å²) in [4.78, 5) is 15.8. The van der Waals surface area contributed by atoms with Crippen LogP contribution in [0, 0.1) is 0 Å². The van der Waals surface area contributed by atoms with Gasteiger partial charge in [0.1, 0.15) is 5.69 Å². The summed E-state index contributed by atoms with van der Waals surface area (Å²) >= 11 is 5.82. The Morgan fingerprint density at radius 1 is 1.20 bits per heavy atom. The fraction of sp³-hybridized carbons (Fsp3) is 0.0667. The number of halogens is 1. The van der Waals surface area contributed by atoms with E-state index in [0.29, 0.717) is 17.3 Å². The number of pyridine rings is 1. The van der Waals surface area contributed by atoms with E-state index in [1.54, 1.807) is 36.5 Å². The Kier molecular flexibility index (Phi) is 4.74. The molecule has 0 unspecified atom stereocenters. The normalized spacial score (nSPS) is 9.85. The Bertz CT molecular complexity index is 594. The number of carbonyl (C=O) groups excluding carboxylic acids is 1. The summed E-state index contributed by atoms with van der Waals surface area (Å²) in [6.07, 6.45) is 3.23. The largest absolute Gasteiger partial charge is 0.354 e. The molecule has 2 N–H and O–H groups in total. The average Bonchev–Trinajstić information content (AvgIpc) is 2.48. The summed E-state index contributed by atoms with van der Waals surface area (Å²) < 4.78 is 0. The van der Waals surface area contributed by atoms with E-state index < -0.39 is 0 Å². The topological polar surface area (TPSA) is 54.0 Å². The molecular weight excluding hydrogens is 274 g/mol. The Morgan fingerprint density at radius 2 is 1.90 bits per heavy atom. The van der Waals surface area contributed by atoms with Gasteiger partial charge in [-0.3, -0.25) is 4.79 Å². The highest BCUT2D eigenvalue weighted by molar-refractivity contribution is 6.30. The van der Waals surface area contributed by atoms with Crippen LogP contribution < -0.4 is 10.6 Å². The van der Waals surface area contributed by atoms with Gasteiger partial charge in [-0.2, -0.15) is 0 Å². The second kappa shape index (κ2) is 6.73. The maximum absolute atomic E-state index is 11.7. The first-order chi connectivity index (χ1) is 9.69. The summed E-state index contributed by atoms with van der Waals surface area (Å²) in [5.74, 6) is -0.219. The molecule has 0 aliphatic rings. The van der Waals surface area contributed by atoms with E-state index in [4.69, 9.17) is 11.6 Å². The van der Waals surface area contributed by atoms with Crippen molar-refractivity contribution in [3.63, 3.8) is 0 Å². The first-order valence-electron chi connectivity index (χ1n) is 6.07. The van der Waals surface area contributed by atoms with Crippen molar-refractivity contribution in [2.45, 2.75) is 0 Å². The molecule has 0 aliphatic carbocycles. The molecular formula is C15H14ClN3O. The Hall–Kier alpha value is -2.33. The Morgan fingerprint density at radius 3 is 2.50 bits per heavy atom. The molecule has 5 heteroatoms. The molecule has 1 amide bonds. The van der Waals surface area contributed by atoms with Crippen LogP contribution in [0.3, 0.4) is 0 Å². The first-order valence-corrected chi connectivity index (χ1v) is 6.44. The van der Waals surface area contributed by atoms with E-state index >= 15 is 0 Å². The van der Waals surface area contributed by atoms with Crippen LogP contribution in [0.5, 0.6) is 0 Å².